The maximum absolute atomic E-state index is 12.5. The first kappa shape index (κ1) is 16.3. The molecule has 0 amide bonds. The van der Waals surface area contributed by atoms with Gasteiger partial charge in [0.25, 0.3) is 0 Å². The minimum atomic E-state index is -3.71. The summed E-state index contributed by atoms with van der Waals surface area (Å²) in [5.41, 5.74) is 0.424. The number of hydrogen-bond acceptors (Lipinski definition) is 3. The van der Waals surface area contributed by atoms with Gasteiger partial charge in [0, 0.05) is 6.04 Å². The zero-order valence-electron chi connectivity index (χ0n) is 12.2. The van der Waals surface area contributed by atoms with Crippen molar-refractivity contribution >= 4 is 21.6 Å². The van der Waals surface area contributed by atoms with Crippen molar-refractivity contribution < 1.29 is 8.42 Å². The zero-order valence-corrected chi connectivity index (χ0v) is 13.8. The molecule has 1 N–H and O–H groups in total. The molecule has 0 aliphatic heterocycles. The van der Waals surface area contributed by atoms with Crippen LogP contribution in [0, 0.1) is 16.7 Å². The van der Waals surface area contributed by atoms with Crippen molar-refractivity contribution in [3.63, 3.8) is 0 Å². The van der Waals surface area contributed by atoms with Gasteiger partial charge >= 0.3 is 0 Å². The largest absolute Gasteiger partial charge is 0.242 e. The monoisotopic (exact) mass is 326 g/mol. The highest BCUT2D eigenvalue weighted by molar-refractivity contribution is 7.89. The van der Waals surface area contributed by atoms with E-state index < -0.39 is 10.0 Å². The summed E-state index contributed by atoms with van der Waals surface area (Å²) in [6, 6.07) is 6.12. The molecule has 1 aromatic carbocycles. The quantitative estimate of drug-likeness (QED) is 0.924. The average molecular weight is 327 g/mol. The van der Waals surface area contributed by atoms with Gasteiger partial charge in [-0.25, -0.2) is 13.1 Å². The normalized spacial score (nSPS) is 21.7. The van der Waals surface area contributed by atoms with E-state index in [0.717, 1.165) is 25.7 Å². The molecule has 0 radical (unpaired) electrons. The van der Waals surface area contributed by atoms with Crippen LogP contribution in [0.1, 0.15) is 45.1 Å². The number of halogens is 1. The van der Waals surface area contributed by atoms with Gasteiger partial charge in [-0.3, -0.25) is 0 Å². The van der Waals surface area contributed by atoms with Crippen LogP contribution < -0.4 is 4.72 Å². The highest BCUT2D eigenvalue weighted by Crippen LogP contribution is 2.36. The number of nitrogens with zero attached hydrogens (tertiary/aromatic N) is 1. The molecule has 21 heavy (non-hydrogen) atoms. The molecule has 114 valence electrons. The Hall–Kier alpha value is -1.09. The molecule has 0 saturated heterocycles. The summed E-state index contributed by atoms with van der Waals surface area (Å²) < 4.78 is 27.7. The van der Waals surface area contributed by atoms with Crippen LogP contribution in [-0.4, -0.2) is 14.5 Å². The van der Waals surface area contributed by atoms with Crippen molar-refractivity contribution in [3.05, 3.63) is 28.8 Å². The van der Waals surface area contributed by atoms with Gasteiger partial charge in [-0.05, 0) is 42.9 Å². The first-order valence-corrected chi connectivity index (χ1v) is 8.82. The molecule has 2 rings (SSSR count). The van der Waals surface area contributed by atoms with Crippen LogP contribution in [0.15, 0.2) is 23.1 Å². The maximum atomic E-state index is 12.5. The fraction of sp³-hybridized carbons (Fsp3) is 0.533. The van der Waals surface area contributed by atoms with E-state index in [1.54, 1.807) is 0 Å². The molecule has 1 aliphatic carbocycles. The second-order valence-corrected chi connectivity index (χ2v) is 8.43. The highest BCUT2D eigenvalue weighted by Gasteiger charge is 2.31. The molecule has 1 aliphatic rings. The second-order valence-electron chi connectivity index (χ2n) is 6.34. The minimum Gasteiger partial charge on any atom is -0.208 e. The lowest BCUT2D eigenvalue weighted by molar-refractivity contribution is 0.212. The highest BCUT2D eigenvalue weighted by atomic mass is 35.5. The summed E-state index contributed by atoms with van der Waals surface area (Å²) >= 11 is 5.98. The summed E-state index contributed by atoms with van der Waals surface area (Å²) in [5.74, 6) is 0. The first-order valence-electron chi connectivity index (χ1n) is 6.95. The smallest absolute Gasteiger partial charge is 0.208 e. The average Bonchev–Trinajstić information content (AvgIpc) is 2.37. The Bertz CT molecular complexity index is 677. The van der Waals surface area contributed by atoms with E-state index >= 15 is 0 Å². The van der Waals surface area contributed by atoms with Gasteiger partial charge in [0.1, 0.15) is 4.90 Å². The topological polar surface area (TPSA) is 70.0 Å². The van der Waals surface area contributed by atoms with Crippen molar-refractivity contribution in [3.8, 4) is 6.07 Å². The van der Waals surface area contributed by atoms with Crippen LogP contribution in [0.3, 0.4) is 0 Å². The molecule has 6 heteroatoms. The van der Waals surface area contributed by atoms with Gasteiger partial charge in [0.15, 0.2) is 0 Å². The van der Waals surface area contributed by atoms with E-state index in [1.807, 2.05) is 6.07 Å². The molecule has 1 unspecified atom stereocenters. The van der Waals surface area contributed by atoms with Crippen molar-refractivity contribution in [2.24, 2.45) is 5.41 Å². The Morgan fingerprint density at radius 2 is 2.14 bits per heavy atom. The standard InChI is InChI=1S/C15H19ClN2O2S/c1-15(2)7-3-4-12(9-15)18-21(19,20)14-8-11(10-17)5-6-13(14)16/h5-6,8,12,18H,3-4,7,9H2,1-2H3. The molecular formula is C15H19ClN2O2S. The van der Waals surface area contributed by atoms with E-state index in [1.165, 1.54) is 18.2 Å². The third-order valence-electron chi connectivity index (χ3n) is 3.88. The predicted molar refractivity (Wildman–Crippen MR) is 82.5 cm³/mol. The lowest BCUT2D eigenvalue weighted by Gasteiger charge is -2.35. The third kappa shape index (κ3) is 3.97. The van der Waals surface area contributed by atoms with Gasteiger partial charge in [-0.15, -0.1) is 0 Å². The Morgan fingerprint density at radius 1 is 1.43 bits per heavy atom. The Balaban J connectivity index is 2.25. The fourth-order valence-corrected chi connectivity index (χ4v) is 4.66. The van der Waals surface area contributed by atoms with Gasteiger partial charge in [0.2, 0.25) is 10.0 Å². The fourth-order valence-electron chi connectivity index (χ4n) is 2.86. The summed E-state index contributed by atoms with van der Waals surface area (Å²) in [4.78, 5) is -0.0217. The number of sulfonamides is 1. The SMILES string of the molecule is CC1(C)CCCC(NS(=O)(=O)c2cc(C#N)ccc2Cl)C1. The first-order chi connectivity index (χ1) is 9.73. The van der Waals surface area contributed by atoms with Gasteiger partial charge in [-0.1, -0.05) is 31.9 Å². The number of nitriles is 1. The summed E-state index contributed by atoms with van der Waals surface area (Å²) in [7, 11) is -3.71. The Morgan fingerprint density at radius 3 is 2.76 bits per heavy atom. The molecule has 0 spiro atoms. The molecule has 1 aromatic rings. The number of rotatable bonds is 3. The van der Waals surface area contributed by atoms with Gasteiger partial charge in [-0.2, -0.15) is 5.26 Å². The maximum Gasteiger partial charge on any atom is 0.242 e. The van der Waals surface area contributed by atoms with Crippen LogP contribution in [0.5, 0.6) is 0 Å². The van der Waals surface area contributed by atoms with Gasteiger partial charge < -0.3 is 0 Å². The van der Waals surface area contributed by atoms with E-state index in [4.69, 9.17) is 16.9 Å². The molecule has 1 fully saturated rings. The molecule has 4 nitrogen and oxygen atoms in total. The van der Waals surface area contributed by atoms with Crippen LogP contribution in [0.4, 0.5) is 0 Å². The van der Waals surface area contributed by atoms with Crippen LogP contribution in [0.25, 0.3) is 0 Å². The number of nitrogens with one attached hydrogen (secondary N) is 1. The van der Waals surface area contributed by atoms with E-state index in [2.05, 4.69) is 18.6 Å². The second kappa shape index (κ2) is 5.96. The van der Waals surface area contributed by atoms with E-state index in [0.29, 0.717) is 0 Å². The van der Waals surface area contributed by atoms with Crippen LogP contribution in [0.2, 0.25) is 5.02 Å². The van der Waals surface area contributed by atoms with Crippen molar-refractivity contribution in [2.45, 2.75) is 50.5 Å². The van der Waals surface area contributed by atoms with Crippen molar-refractivity contribution in [1.82, 2.24) is 4.72 Å². The molecule has 0 aromatic heterocycles. The minimum absolute atomic E-state index is 0.0217. The van der Waals surface area contributed by atoms with Crippen LogP contribution in [-0.2, 0) is 10.0 Å². The zero-order chi connectivity index (χ0) is 15.7. The van der Waals surface area contributed by atoms with Crippen LogP contribution >= 0.6 is 11.6 Å². The predicted octanol–water partition coefficient (Wildman–Crippen LogP) is 3.46. The summed E-state index contributed by atoms with van der Waals surface area (Å²) in [5, 5.41) is 9.04. The van der Waals surface area contributed by atoms with Gasteiger partial charge in [0.05, 0.1) is 16.7 Å². The number of hydrogen-bond donors (Lipinski definition) is 1. The molecule has 0 bridgehead atoms. The lowest BCUT2D eigenvalue weighted by Crippen LogP contribution is -2.40. The van der Waals surface area contributed by atoms with E-state index in [9.17, 15) is 8.42 Å². The summed E-state index contributed by atoms with van der Waals surface area (Å²) in [6.45, 7) is 4.30. The molecule has 0 heterocycles. The number of benzene rings is 1. The van der Waals surface area contributed by atoms with Crippen molar-refractivity contribution in [1.29, 1.82) is 5.26 Å². The lowest BCUT2D eigenvalue weighted by atomic mass is 9.75. The van der Waals surface area contributed by atoms with Crippen molar-refractivity contribution in [2.75, 3.05) is 0 Å². The Labute approximate surface area is 131 Å². The van der Waals surface area contributed by atoms with E-state index in [-0.39, 0.29) is 26.9 Å². The summed E-state index contributed by atoms with van der Waals surface area (Å²) in [6.07, 6.45) is 3.75. The third-order valence-corrected chi connectivity index (χ3v) is 5.88. The Kier molecular flexibility index (Phi) is 4.62. The molecule has 1 saturated carbocycles. The molecular weight excluding hydrogens is 308 g/mol. The molecule has 1 atom stereocenters.